The van der Waals surface area contributed by atoms with Crippen LogP contribution in [0.1, 0.15) is 21.7 Å². The molecule has 0 aliphatic rings. The number of rotatable bonds is 8. The topological polar surface area (TPSA) is 87.3 Å². The fraction of sp³-hybridized carbons (Fsp3) is 0.143. The molecule has 0 fully saturated rings. The summed E-state index contributed by atoms with van der Waals surface area (Å²) in [7, 11) is 0. The molecule has 8 heteroatoms. The van der Waals surface area contributed by atoms with E-state index < -0.39 is 4.92 Å². The van der Waals surface area contributed by atoms with Crippen molar-refractivity contribution in [1.29, 1.82) is 0 Å². The van der Waals surface area contributed by atoms with Gasteiger partial charge in [-0.1, -0.05) is 34.1 Å². The second-order valence-electron chi connectivity index (χ2n) is 6.16. The number of ether oxygens (including phenoxy) is 1. The lowest BCUT2D eigenvalue weighted by Gasteiger charge is -2.07. The van der Waals surface area contributed by atoms with E-state index in [1.165, 1.54) is 16.8 Å². The molecule has 7 nitrogen and oxygen atoms in total. The van der Waals surface area contributed by atoms with Crippen LogP contribution in [0.3, 0.4) is 0 Å². The van der Waals surface area contributed by atoms with Crippen LogP contribution >= 0.6 is 15.9 Å². The van der Waals surface area contributed by atoms with Gasteiger partial charge in [-0.05, 0) is 53.0 Å². The number of hydrogen-bond donors (Lipinski definition) is 0. The Bertz CT molecular complexity index is 1060. The number of allylic oxidation sites excluding steroid dienone is 1. The predicted octanol–water partition coefficient (Wildman–Crippen LogP) is 4.84. The Hall–Kier alpha value is -3.26. The highest BCUT2D eigenvalue weighted by Crippen LogP contribution is 2.19. The molecule has 29 heavy (non-hydrogen) atoms. The molecule has 0 radical (unpaired) electrons. The molecule has 1 heterocycles. The largest absolute Gasteiger partial charge is 0.489 e. The molecule has 0 bridgehead atoms. The zero-order valence-corrected chi connectivity index (χ0v) is 17.2. The van der Waals surface area contributed by atoms with Crippen molar-refractivity contribution >= 4 is 33.6 Å². The van der Waals surface area contributed by atoms with Crippen molar-refractivity contribution in [2.75, 3.05) is 6.61 Å². The van der Waals surface area contributed by atoms with E-state index in [2.05, 4.69) is 20.9 Å². The molecule has 1 aromatic heterocycles. The zero-order chi connectivity index (χ0) is 20.8. The first kappa shape index (κ1) is 20.5. The number of ketones is 1. The second-order valence-corrected chi connectivity index (χ2v) is 7.02. The summed E-state index contributed by atoms with van der Waals surface area (Å²) in [5.74, 6) is 0.954. The molecule has 0 aliphatic heterocycles. The van der Waals surface area contributed by atoms with Crippen LogP contribution in [0.5, 0.6) is 5.75 Å². The standard InChI is InChI=1S/C21H18BrN3O4/c1-15-23-14-21(25(27)28)24(15)12-13-29-18-9-6-17(7-10-18)20(26)11-8-16-4-2-3-5-19(16)22/h2-11,14H,12-13H2,1H3/b11-8+. The molecule has 0 atom stereocenters. The van der Waals surface area contributed by atoms with Crippen LogP contribution in [0.15, 0.2) is 65.3 Å². The maximum Gasteiger partial charge on any atom is 0.342 e. The molecule has 148 valence electrons. The third-order valence-corrected chi connectivity index (χ3v) is 4.99. The van der Waals surface area contributed by atoms with Crippen molar-refractivity contribution < 1.29 is 14.5 Å². The van der Waals surface area contributed by atoms with Crippen LogP contribution in [0.4, 0.5) is 5.82 Å². The van der Waals surface area contributed by atoms with E-state index in [0.29, 0.717) is 23.7 Å². The lowest BCUT2D eigenvalue weighted by atomic mass is 10.1. The van der Waals surface area contributed by atoms with Gasteiger partial charge in [-0.25, -0.2) is 9.55 Å². The molecule has 0 aliphatic carbocycles. The average Bonchev–Trinajstić information content (AvgIpc) is 3.08. The Balaban J connectivity index is 1.58. The van der Waals surface area contributed by atoms with Gasteiger partial charge in [0.2, 0.25) is 0 Å². The number of halogens is 1. The Morgan fingerprint density at radius 1 is 1.24 bits per heavy atom. The third kappa shape index (κ3) is 5.17. The summed E-state index contributed by atoms with van der Waals surface area (Å²) in [4.78, 5) is 26.8. The molecule has 3 rings (SSSR count). The number of nitro groups is 1. The maximum atomic E-state index is 12.3. The summed E-state index contributed by atoms with van der Waals surface area (Å²) in [6.45, 7) is 2.25. The molecular weight excluding hydrogens is 438 g/mol. The number of carbonyl (C=O) groups is 1. The van der Waals surface area contributed by atoms with Gasteiger partial charge in [-0.15, -0.1) is 0 Å². The Morgan fingerprint density at radius 2 is 1.97 bits per heavy atom. The van der Waals surface area contributed by atoms with Gasteiger partial charge in [0.15, 0.2) is 11.6 Å². The highest BCUT2D eigenvalue weighted by atomic mass is 79.9. The highest BCUT2D eigenvalue weighted by molar-refractivity contribution is 9.10. The number of benzene rings is 2. The van der Waals surface area contributed by atoms with Crippen LogP contribution in [0.25, 0.3) is 6.08 Å². The summed E-state index contributed by atoms with van der Waals surface area (Å²) in [5, 5.41) is 11.0. The molecule has 3 aromatic rings. The summed E-state index contributed by atoms with van der Waals surface area (Å²) in [5.41, 5.74) is 1.46. The molecule has 0 N–H and O–H groups in total. The Labute approximate surface area is 175 Å². The number of carbonyl (C=O) groups excluding carboxylic acids is 1. The number of imidazole rings is 1. The normalized spacial score (nSPS) is 11.0. The number of hydrogen-bond acceptors (Lipinski definition) is 5. The van der Waals surface area contributed by atoms with E-state index in [1.54, 1.807) is 37.3 Å². The van der Waals surface area contributed by atoms with Crippen LogP contribution in [-0.2, 0) is 6.54 Å². The minimum Gasteiger partial charge on any atom is -0.489 e. The van der Waals surface area contributed by atoms with Crippen molar-refractivity contribution in [2.24, 2.45) is 0 Å². The molecule has 0 spiro atoms. The first-order chi connectivity index (χ1) is 14.0. The van der Waals surface area contributed by atoms with Gasteiger partial charge in [-0.3, -0.25) is 4.79 Å². The molecule has 0 saturated heterocycles. The van der Waals surface area contributed by atoms with Gasteiger partial charge in [0.1, 0.15) is 25.1 Å². The minimum atomic E-state index is -0.470. The van der Waals surface area contributed by atoms with Crippen molar-refractivity contribution in [1.82, 2.24) is 9.55 Å². The number of aryl methyl sites for hydroxylation is 1. The van der Waals surface area contributed by atoms with Crippen LogP contribution < -0.4 is 4.74 Å². The quantitative estimate of drug-likeness (QED) is 0.210. The third-order valence-electron chi connectivity index (χ3n) is 4.26. The van der Waals surface area contributed by atoms with E-state index in [0.717, 1.165) is 10.0 Å². The van der Waals surface area contributed by atoms with E-state index in [4.69, 9.17) is 4.74 Å². The summed E-state index contributed by atoms with van der Waals surface area (Å²) in [6.07, 6.45) is 4.52. The second kappa shape index (κ2) is 9.29. The van der Waals surface area contributed by atoms with Crippen molar-refractivity contribution in [3.63, 3.8) is 0 Å². The van der Waals surface area contributed by atoms with Crippen molar-refractivity contribution in [2.45, 2.75) is 13.5 Å². The SMILES string of the molecule is Cc1ncc([N+](=O)[O-])n1CCOc1ccc(C(=O)/C=C/c2ccccc2Br)cc1. The van der Waals surface area contributed by atoms with E-state index >= 15 is 0 Å². The van der Waals surface area contributed by atoms with Gasteiger partial charge in [0.25, 0.3) is 0 Å². The molecule has 0 saturated carbocycles. The van der Waals surface area contributed by atoms with Gasteiger partial charge < -0.3 is 14.9 Å². The van der Waals surface area contributed by atoms with E-state index in [1.807, 2.05) is 24.3 Å². The highest BCUT2D eigenvalue weighted by Gasteiger charge is 2.16. The first-order valence-electron chi connectivity index (χ1n) is 8.82. The van der Waals surface area contributed by atoms with Crippen molar-refractivity contribution in [3.05, 3.63) is 92.3 Å². The van der Waals surface area contributed by atoms with Crippen LogP contribution in [0.2, 0.25) is 0 Å². The molecule has 0 amide bonds. The first-order valence-corrected chi connectivity index (χ1v) is 9.61. The van der Waals surface area contributed by atoms with Gasteiger partial charge in [-0.2, -0.15) is 0 Å². The maximum absolute atomic E-state index is 12.3. The lowest BCUT2D eigenvalue weighted by Crippen LogP contribution is -2.11. The number of nitrogens with zero attached hydrogens (tertiary/aromatic N) is 3. The van der Waals surface area contributed by atoms with Gasteiger partial charge >= 0.3 is 5.82 Å². The summed E-state index contributed by atoms with van der Waals surface area (Å²) < 4.78 is 8.05. The van der Waals surface area contributed by atoms with Crippen LogP contribution in [-0.4, -0.2) is 26.9 Å². The Kier molecular flexibility index (Phi) is 6.56. The number of aromatic nitrogens is 2. The van der Waals surface area contributed by atoms with Gasteiger partial charge in [0, 0.05) is 17.0 Å². The predicted molar refractivity (Wildman–Crippen MR) is 113 cm³/mol. The lowest BCUT2D eigenvalue weighted by molar-refractivity contribution is -0.392. The van der Waals surface area contributed by atoms with Crippen LogP contribution in [0, 0.1) is 17.0 Å². The van der Waals surface area contributed by atoms with E-state index in [9.17, 15) is 14.9 Å². The summed E-state index contributed by atoms with van der Waals surface area (Å²) >= 11 is 3.45. The zero-order valence-electron chi connectivity index (χ0n) is 15.6. The molecule has 0 unspecified atom stereocenters. The van der Waals surface area contributed by atoms with E-state index in [-0.39, 0.29) is 18.2 Å². The summed E-state index contributed by atoms with van der Waals surface area (Å²) in [6, 6.07) is 14.4. The smallest absolute Gasteiger partial charge is 0.342 e. The Morgan fingerprint density at radius 3 is 2.66 bits per heavy atom. The fourth-order valence-electron chi connectivity index (χ4n) is 2.72. The molecule has 2 aromatic carbocycles. The van der Waals surface area contributed by atoms with Crippen molar-refractivity contribution in [3.8, 4) is 5.75 Å². The van der Waals surface area contributed by atoms with Gasteiger partial charge in [0.05, 0.1) is 0 Å². The fourth-order valence-corrected chi connectivity index (χ4v) is 3.14. The minimum absolute atomic E-state index is 0.0658. The molecular formula is C21H18BrN3O4. The average molecular weight is 456 g/mol. The monoisotopic (exact) mass is 455 g/mol.